The number of hydrogen-bond donors (Lipinski definition) is 1. The number of nitrogens with zero attached hydrogens (tertiary/aromatic N) is 3. The van der Waals surface area contributed by atoms with Crippen LogP contribution in [0.2, 0.25) is 0 Å². The van der Waals surface area contributed by atoms with Crippen LogP contribution in [0.1, 0.15) is 19.3 Å². The normalized spacial score (nSPS) is 27.1. The number of anilines is 1. The van der Waals surface area contributed by atoms with Crippen molar-refractivity contribution in [3.63, 3.8) is 0 Å². The second-order valence-electron chi connectivity index (χ2n) is 4.80. The highest BCUT2D eigenvalue weighted by molar-refractivity contribution is 14.1. The summed E-state index contributed by atoms with van der Waals surface area (Å²) in [5.74, 6) is 0.943. The van der Waals surface area contributed by atoms with Gasteiger partial charge in [-0.3, -0.25) is 0 Å². The van der Waals surface area contributed by atoms with Crippen LogP contribution >= 0.6 is 22.6 Å². The molecule has 2 fully saturated rings. The summed E-state index contributed by atoms with van der Waals surface area (Å²) in [5.41, 5.74) is 0.170. The number of halogens is 1. The van der Waals surface area contributed by atoms with Gasteiger partial charge in [0.15, 0.2) is 5.82 Å². The van der Waals surface area contributed by atoms with Crippen LogP contribution in [-0.2, 0) is 0 Å². The van der Waals surface area contributed by atoms with Gasteiger partial charge in [-0.25, -0.2) is 0 Å². The molecule has 1 unspecified atom stereocenters. The zero-order valence-corrected chi connectivity index (χ0v) is 11.1. The van der Waals surface area contributed by atoms with Gasteiger partial charge >= 0.3 is 0 Å². The third kappa shape index (κ3) is 1.79. The summed E-state index contributed by atoms with van der Waals surface area (Å²) in [5, 5.41) is 18.2. The van der Waals surface area contributed by atoms with E-state index in [1.54, 1.807) is 0 Å². The highest BCUT2D eigenvalue weighted by Gasteiger charge is 2.52. The molecule has 1 aliphatic carbocycles. The first-order valence-electron chi connectivity index (χ1n) is 5.62. The van der Waals surface area contributed by atoms with E-state index in [2.05, 4.69) is 37.7 Å². The van der Waals surface area contributed by atoms with E-state index in [1.165, 1.54) is 0 Å². The number of aliphatic hydroxyl groups excluding tert-OH is 1. The zero-order valence-electron chi connectivity index (χ0n) is 8.93. The molecule has 2 heterocycles. The van der Waals surface area contributed by atoms with Crippen molar-refractivity contribution < 1.29 is 5.11 Å². The molecule has 2 aliphatic rings. The van der Waals surface area contributed by atoms with Gasteiger partial charge in [-0.2, -0.15) is 0 Å². The standard InChI is InChI=1S/C11H14IN3O/c12-9-1-2-10(14-13-9)15-6-3-8(16)11(7-15)4-5-11/h1-2,8,16H,3-7H2. The quantitative estimate of drug-likeness (QED) is 0.791. The maximum Gasteiger partial charge on any atom is 0.151 e. The maximum absolute atomic E-state index is 9.94. The molecule has 0 aromatic carbocycles. The number of hydrogen-bond acceptors (Lipinski definition) is 4. The first-order valence-corrected chi connectivity index (χ1v) is 6.70. The van der Waals surface area contributed by atoms with E-state index in [-0.39, 0.29) is 11.5 Å². The van der Waals surface area contributed by atoms with Gasteiger partial charge in [-0.1, -0.05) is 0 Å². The Morgan fingerprint density at radius 3 is 2.81 bits per heavy atom. The summed E-state index contributed by atoms with van der Waals surface area (Å²) < 4.78 is 0.916. The molecule has 0 bridgehead atoms. The van der Waals surface area contributed by atoms with E-state index >= 15 is 0 Å². The molecule has 1 saturated carbocycles. The van der Waals surface area contributed by atoms with Crippen LogP contribution < -0.4 is 4.90 Å². The average Bonchev–Trinajstić information content (AvgIpc) is 3.05. The largest absolute Gasteiger partial charge is 0.392 e. The Labute approximate surface area is 108 Å². The predicted molar refractivity (Wildman–Crippen MR) is 69.3 cm³/mol. The number of aromatic nitrogens is 2. The highest BCUT2D eigenvalue weighted by Crippen LogP contribution is 2.52. The van der Waals surface area contributed by atoms with E-state index in [4.69, 9.17) is 0 Å². The van der Waals surface area contributed by atoms with Gasteiger partial charge in [0.25, 0.3) is 0 Å². The van der Waals surface area contributed by atoms with Crippen LogP contribution in [0.4, 0.5) is 5.82 Å². The molecular formula is C11H14IN3O. The lowest BCUT2D eigenvalue weighted by atomic mass is 9.91. The topological polar surface area (TPSA) is 49.2 Å². The highest BCUT2D eigenvalue weighted by atomic mass is 127. The van der Waals surface area contributed by atoms with Crippen molar-refractivity contribution in [1.82, 2.24) is 10.2 Å². The molecule has 1 atom stereocenters. The molecule has 1 spiro atoms. The Morgan fingerprint density at radius 1 is 1.38 bits per heavy atom. The van der Waals surface area contributed by atoms with Gasteiger partial charge in [-0.05, 0) is 54.0 Å². The monoisotopic (exact) mass is 331 g/mol. The van der Waals surface area contributed by atoms with Crippen molar-refractivity contribution in [2.45, 2.75) is 25.4 Å². The SMILES string of the molecule is OC1CCN(c2ccc(I)nn2)CC12CC2. The van der Waals surface area contributed by atoms with Gasteiger partial charge in [0, 0.05) is 18.5 Å². The summed E-state index contributed by atoms with van der Waals surface area (Å²) in [6, 6.07) is 4.00. The van der Waals surface area contributed by atoms with Gasteiger partial charge in [0.05, 0.1) is 6.10 Å². The van der Waals surface area contributed by atoms with Gasteiger partial charge < -0.3 is 10.0 Å². The van der Waals surface area contributed by atoms with E-state index < -0.39 is 0 Å². The minimum atomic E-state index is -0.111. The molecule has 0 amide bonds. The van der Waals surface area contributed by atoms with Crippen molar-refractivity contribution in [3.05, 3.63) is 15.8 Å². The van der Waals surface area contributed by atoms with Crippen LogP contribution in [0, 0.1) is 9.12 Å². The molecule has 16 heavy (non-hydrogen) atoms. The Hall–Kier alpha value is -0.430. The smallest absolute Gasteiger partial charge is 0.151 e. The van der Waals surface area contributed by atoms with Crippen molar-refractivity contribution in [1.29, 1.82) is 0 Å². The Bertz CT molecular complexity index is 391. The Kier molecular flexibility index (Phi) is 2.54. The predicted octanol–water partition coefficient (Wildman–Crippen LogP) is 1.43. The Morgan fingerprint density at radius 2 is 2.19 bits per heavy atom. The molecule has 1 aromatic rings. The molecule has 1 aliphatic heterocycles. The summed E-state index contributed by atoms with van der Waals surface area (Å²) in [6.45, 7) is 1.82. The molecule has 86 valence electrons. The molecule has 0 radical (unpaired) electrons. The fourth-order valence-corrected chi connectivity index (χ4v) is 2.76. The number of piperidine rings is 1. The summed E-state index contributed by atoms with van der Waals surface area (Å²) in [7, 11) is 0. The first-order chi connectivity index (χ1) is 7.70. The van der Waals surface area contributed by atoms with E-state index in [9.17, 15) is 5.11 Å². The molecular weight excluding hydrogens is 317 g/mol. The second-order valence-corrected chi connectivity index (χ2v) is 5.91. The second kappa shape index (κ2) is 3.80. The molecule has 1 aromatic heterocycles. The van der Waals surface area contributed by atoms with E-state index in [0.29, 0.717) is 0 Å². The van der Waals surface area contributed by atoms with Crippen molar-refractivity contribution >= 4 is 28.4 Å². The lowest BCUT2D eigenvalue weighted by Gasteiger charge is -2.37. The van der Waals surface area contributed by atoms with Crippen molar-refractivity contribution in [3.8, 4) is 0 Å². The minimum Gasteiger partial charge on any atom is -0.392 e. The lowest BCUT2D eigenvalue weighted by Crippen LogP contribution is -2.45. The summed E-state index contributed by atoms with van der Waals surface area (Å²) >= 11 is 2.16. The van der Waals surface area contributed by atoms with Gasteiger partial charge in [0.1, 0.15) is 3.70 Å². The van der Waals surface area contributed by atoms with E-state index in [1.807, 2.05) is 12.1 Å². The van der Waals surface area contributed by atoms with Gasteiger partial charge in [0.2, 0.25) is 0 Å². The summed E-state index contributed by atoms with van der Waals surface area (Å²) in [6.07, 6.45) is 3.05. The first kappa shape index (κ1) is 10.7. The minimum absolute atomic E-state index is 0.111. The molecule has 1 N–H and O–H groups in total. The average molecular weight is 331 g/mol. The molecule has 3 rings (SSSR count). The third-order valence-corrected chi connectivity index (χ3v) is 4.29. The molecule has 5 heteroatoms. The zero-order chi connectivity index (χ0) is 11.2. The van der Waals surface area contributed by atoms with E-state index in [0.717, 1.165) is 41.9 Å². The van der Waals surface area contributed by atoms with Gasteiger partial charge in [-0.15, -0.1) is 10.2 Å². The summed E-state index contributed by atoms with van der Waals surface area (Å²) in [4.78, 5) is 2.25. The van der Waals surface area contributed by atoms with Crippen LogP contribution in [0.3, 0.4) is 0 Å². The van der Waals surface area contributed by atoms with Crippen LogP contribution in [0.15, 0.2) is 12.1 Å². The fraction of sp³-hybridized carbons (Fsp3) is 0.636. The Balaban J connectivity index is 1.79. The van der Waals surface area contributed by atoms with Crippen molar-refractivity contribution in [2.75, 3.05) is 18.0 Å². The lowest BCUT2D eigenvalue weighted by molar-refractivity contribution is 0.0733. The van der Waals surface area contributed by atoms with Crippen LogP contribution in [0.5, 0.6) is 0 Å². The fourth-order valence-electron chi connectivity index (χ4n) is 2.47. The number of rotatable bonds is 1. The molecule has 1 saturated heterocycles. The van der Waals surface area contributed by atoms with Crippen LogP contribution in [-0.4, -0.2) is 34.5 Å². The van der Waals surface area contributed by atoms with Crippen molar-refractivity contribution in [2.24, 2.45) is 5.41 Å². The molecule has 4 nitrogen and oxygen atoms in total. The maximum atomic E-state index is 9.94. The van der Waals surface area contributed by atoms with Crippen LogP contribution in [0.25, 0.3) is 0 Å². The number of aliphatic hydroxyl groups is 1. The third-order valence-electron chi connectivity index (χ3n) is 3.72.